The van der Waals surface area contributed by atoms with E-state index in [1.165, 1.54) is 38.1 Å². The summed E-state index contributed by atoms with van der Waals surface area (Å²) in [7, 11) is -8.52. The van der Waals surface area contributed by atoms with Gasteiger partial charge in [0.1, 0.15) is 11.5 Å². The van der Waals surface area contributed by atoms with Crippen LogP contribution in [0, 0.1) is 0 Å². The van der Waals surface area contributed by atoms with Crippen molar-refractivity contribution < 1.29 is 61.2 Å². The molecule has 0 aliphatic heterocycles. The molecule has 0 heterocycles. The predicted molar refractivity (Wildman–Crippen MR) is 144 cm³/mol. The van der Waals surface area contributed by atoms with Crippen molar-refractivity contribution in [2.24, 2.45) is 10.3 Å². The van der Waals surface area contributed by atoms with Crippen molar-refractivity contribution in [2.75, 3.05) is 24.7 Å². The van der Waals surface area contributed by atoms with Crippen molar-refractivity contribution >= 4 is 31.7 Å². The normalized spacial score (nSPS) is 13.5. The Hall–Kier alpha value is -3.54. The number of hydrogen-bond acceptors (Lipinski definition) is 10. The van der Waals surface area contributed by atoms with Crippen molar-refractivity contribution in [3.05, 3.63) is 59.7 Å². The zero-order valence-electron chi connectivity index (χ0n) is 22.8. The minimum Gasteiger partial charge on any atom is -0.493 e. The van der Waals surface area contributed by atoms with Crippen LogP contribution >= 0.6 is 0 Å². The maximum absolute atomic E-state index is 13.4. The molecule has 0 spiro atoms. The smallest absolute Gasteiger partial charge is 0.437 e. The molecule has 240 valence electrons. The molecular weight excluding hydrogens is 634 g/mol. The van der Waals surface area contributed by atoms with Crippen LogP contribution in [0.2, 0.25) is 0 Å². The summed E-state index contributed by atoms with van der Waals surface area (Å²) >= 11 is 0. The van der Waals surface area contributed by atoms with Gasteiger partial charge in [0, 0.05) is 17.5 Å². The monoisotopic (exact) mass is 662 g/mol. The highest BCUT2D eigenvalue weighted by Gasteiger charge is 2.39. The lowest BCUT2D eigenvalue weighted by Crippen LogP contribution is -2.25. The quantitative estimate of drug-likeness (QED) is 0.0986. The minimum absolute atomic E-state index is 0.0600. The summed E-state index contributed by atoms with van der Waals surface area (Å²) in [5, 5.41) is 5.61. The lowest BCUT2D eigenvalue weighted by molar-refractivity contribution is -0.0606. The highest BCUT2D eigenvalue weighted by molar-refractivity contribution is 7.86. The molecule has 0 N–H and O–H groups in total. The van der Waals surface area contributed by atoms with Crippen LogP contribution in [0.4, 0.5) is 26.3 Å². The van der Waals surface area contributed by atoms with Gasteiger partial charge in [0.15, 0.2) is 11.4 Å². The predicted octanol–water partition coefficient (Wildman–Crippen LogP) is 5.58. The van der Waals surface area contributed by atoms with E-state index in [4.69, 9.17) is 9.47 Å². The van der Waals surface area contributed by atoms with Gasteiger partial charge in [0.25, 0.3) is 0 Å². The Bertz CT molecular complexity index is 1350. The van der Waals surface area contributed by atoms with Crippen LogP contribution in [0.5, 0.6) is 11.5 Å². The third-order valence-corrected chi connectivity index (χ3v) is 7.43. The summed E-state index contributed by atoms with van der Waals surface area (Å²) in [5.41, 5.74) is -3.99. The fourth-order valence-corrected chi connectivity index (χ4v) is 4.68. The van der Waals surface area contributed by atoms with Gasteiger partial charge in [0.2, 0.25) is 0 Å². The summed E-state index contributed by atoms with van der Waals surface area (Å²) in [4.78, 5) is 0. The second-order valence-corrected chi connectivity index (χ2v) is 12.0. The molecule has 2 aromatic carbocycles. The van der Waals surface area contributed by atoms with Gasteiger partial charge in [0.05, 0.1) is 24.7 Å². The maximum atomic E-state index is 13.4. The molecule has 0 bridgehead atoms. The van der Waals surface area contributed by atoms with Crippen molar-refractivity contribution in [1.29, 1.82) is 0 Å². The third kappa shape index (κ3) is 12.3. The van der Waals surface area contributed by atoms with E-state index in [0.717, 1.165) is 24.3 Å². The number of hydrogen-bond donors (Lipinski definition) is 0. The van der Waals surface area contributed by atoms with E-state index in [-0.39, 0.29) is 44.0 Å². The highest BCUT2D eigenvalue weighted by Crippen LogP contribution is 2.26. The van der Waals surface area contributed by atoms with Crippen molar-refractivity contribution in [3.8, 4) is 11.5 Å². The molecule has 2 aromatic rings. The number of rotatable bonds is 16. The first-order chi connectivity index (χ1) is 20.0. The molecule has 0 fully saturated rings. The Morgan fingerprint density at radius 1 is 0.628 bits per heavy atom. The summed E-state index contributed by atoms with van der Waals surface area (Å²) in [5.74, 6) is -0.618. The second kappa shape index (κ2) is 15.3. The molecule has 0 saturated carbocycles. The van der Waals surface area contributed by atoms with Gasteiger partial charge in [-0.1, -0.05) is 24.2 Å². The highest BCUT2D eigenvalue weighted by atomic mass is 32.2. The Kier molecular flexibility index (Phi) is 12.7. The van der Waals surface area contributed by atoms with E-state index in [1.54, 1.807) is 0 Å². The Balaban J connectivity index is 1.93. The second-order valence-electron chi connectivity index (χ2n) is 8.65. The fraction of sp³-hybridized carbons (Fsp3) is 0.440. The topological polar surface area (TPSA) is 130 Å². The summed E-state index contributed by atoms with van der Waals surface area (Å²) in [6.45, 7) is 3.14. The SMILES string of the molecule is CCCS(=O)(=O)O/N=C(/c1ccc(OCCCOc2ccc(/C(=N\OS(=O)(=O)CCC)C(F)(F)F)cc2)cc1)C(F)(F)F. The van der Waals surface area contributed by atoms with Gasteiger partial charge >= 0.3 is 32.6 Å². The molecule has 0 amide bonds. The fourth-order valence-electron chi connectivity index (χ4n) is 3.16. The van der Waals surface area contributed by atoms with Gasteiger partial charge in [-0.3, -0.25) is 8.57 Å². The van der Waals surface area contributed by atoms with E-state index in [1.807, 2.05) is 0 Å². The van der Waals surface area contributed by atoms with E-state index < -0.39 is 66.6 Å². The number of ether oxygens (including phenoxy) is 2. The molecule has 0 radical (unpaired) electrons. The van der Waals surface area contributed by atoms with Crippen LogP contribution in [0.25, 0.3) is 0 Å². The lowest BCUT2D eigenvalue weighted by atomic mass is 10.1. The molecule has 0 aliphatic carbocycles. The van der Waals surface area contributed by atoms with Crippen LogP contribution in [-0.2, 0) is 28.8 Å². The number of alkyl halides is 6. The van der Waals surface area contributed by atoms with Crippen molar-refractivity contribution in [1.82, 2.24) is 0 Å². The molecule has 0 aromatic heterocycles. The van der Waals surface area contributed by atoms with Crippen LogP contribution in [0.1, 0.15) is 44.2 Å². The molecule has 43 heavy (non-hydrogen) atoms. The van der Waals surface area contributed by atoms with Crippen molar-refractivity contribution in [3.63, 3.8) is 0 Å². The summed E-state index contributed by atoms with van der Waals surface area (Å²) in [6, 6.07) is 8.97. The number of oxime groups is 2. The zero-order chi connectivity index (χ0) is 32.3. The summed E-state index contributed by atoms with van der Waals surface area (Å²) in [6.07, 6.45) is -9.45. The molecule has 0 saturated heterocycles. The first kappa shape index (κ1) is 35.7. The van der Waals surface area contributed by atoms with E-state index in [0.29, 0.717) is 0 Å². The van der Waals surface area contributed by atoms with Gasteiger partial charge in [-0.2, -0.15) is 43.2 Å². The zero-order valence-corrected chi connectivity index (χ0v) is 24.4. The number of nitrogens with zero attached hydrogens (tertiary/aromatic N) is 2. The van der Waals surface area contributed by atoms with Crippen LogP contribution in [-0.4, -0.2) is 65.3 Å². The maximum Gasteiger partial charge on any atom is 0.437 e. The van der Waals surface area contributed by atoms with Crippen LogP contribution < -0.4 is 9.47 Å². The van der Waals surface area contributed by atoms with Gasteiger partial charge in [-0.25, -0.2) is 0 Å². The lowest BCUT2D eigenvalue weighted by Gasteiger charge is -2.12. The largest absolute Gasteiger partial charge is 0.493 e. The first-order valence-electron chi connectivity index (χ1n) is 12.6. The minimum atomic E-state index is -5.00. The number of benzene rings is 2. The van der Waals surface area contributed by atoms with Gasteiger partial charge < -0.3 is 9.47 Å². The third-order valence-electron chi connectivity index (χ3n) is 5.01. The van der Waals surface area contributed by atoms with Crippen molar-refractivity contribution in [2.45, 2.75) is 45.5 Å². The Labute approximate surface area is 244 Å². The van der Waals surface area contributed by atoms with Crippen LogP contribution in [0.3, 0.4) is 0 Å². The summed E-state index contributed by atoms with van der Waals surface area (Å²) < 4.78 is 146. The molecule has 10 nitrogen and oxygen atoms in total. The molecule has 2 rings (SSSR count). The van der Waals surface area contributed by atoms with Gasteiger partial charge in [-0.05, 0) is 61.4 Å². The first-order valence-corrected chi connectivity index (χ1v) is 15.7. The van der Waals surface area contributed by atoms with Crippen LogP contribution in [0.15, 0.2) is 58.8 Å². The molecule has 0 atom stereocenters. The average molecular weight is 663 g/mol. The molecule has 0 unspecified atom stereocenters. The van der Waals surface area contributed by atoms with E-state index in [2.05, 4.69) is 18.9 Å². The molecule has 0 aliphatic rings. The number of halogens is 6. The Morgan fingerprint density at radius 3 is 1.23 bits per heavy atom. The average Bonchev–Trinajstić information content (AvgIpc) is 2.88. The van der Waals surface area contributed by atoms with E-state index >= 15 is 0 Å². The molecular formula is C25H28F6N2O8S2. The van der Waals surface area contributed by atoms with Gasteiger partial charge in [-0.15, -0.1) is 0 Å². The Morgan fingerprint density at radius 2 is 0.953 bits per heavy atom. The van der Waals surface area contributed by atoms with E-state index in [9.17, 15) is 43.2 Å². The standard InChI is InChI=1S/C25H28F6N2O8S2/c1-3-16-42(34,35)40-32-22(24(26,27)28)18-6-10-20(11-7-18)38-14-5-15-39-21-12-8-19(9-13-21)23(25(29,30)31)33-41-43(36,37)17-4-2/h6-13H,3-5,14-17H2,1-2H3/b32-22-,33-23+. The molecule has 18 heteroatoms.